The van der Waals surface area contributed by atoms with E-state index in [0.717, 1.165) is 12.1 Å². The minimum Gasteiger partial charge on any atom is -0.196 e. The third-order valence-corrected chi connectivity index (χ3v) is 6.82. The number of halogens is 6. The first-order chi connectivity index (χ1) is 12.2. The summed E-state index contributed by atoms with van der Waals surface area (Å²) in [6.07, 6.45) is 0. The van der Waals surface area contributed by atoms with E-state index in [1.54, 1.807) is 0 Å². The van der Waals surface area contributed by atoms with Gasteiger partial charge in [-0.05, 0) is 11.6 Å². The third-order valence-electron chi connectivity index (χ3n) is 3.21. The maximum Gasteiger partial charge on any atom is 0.517 e. The van der Waals surface area contributed by atoms with Gasteiger partial charge in [0.05, 0.1) is 5.69 Å². The average Bonchev–Trinajstić information content (AvgIpc) is 2.53. The molecule has 0 heterocycles. The number of benzene rings is 2. The molecule has 2 rings (SSSR count). The zero-order chi connectivity index (χ0) is 20.7. The Morgan fingerprint density at radius 3 is 1.48 bits per heavy atom. The van der Waals surface area contributed by atoms with E-state index in [1.807, 2.05) is 0 Å². The van der Waals surface area contributed by atoms with E-state index in [1.165, 1.54) is 36.4 Å². The molecule has 5 nitrogen and oxygen atoms in total. The van der Waals surface area contributed by atoms with E-state index < -0.39 is 46.0 Å². The van der Waals surface area contributed by atoms with Crippen molar-refractivity contribution in [2.75, 3.05) is 3.71 Å². The quantitative estimate of drug-likeness (QED) is 0.687. The van der Waals surface area contributed by atoms with Gasteiger partial charge in [-0.15, -0.1) is 3.71 Å². The van der Waals surface area contributed by atoms with Crippen molar-refractivity contribution in [3.8, 4) is 11.1 Å². The molecule has 0 fully saturated rings. The molecule has 0 N–H and O–H groups in total. The number of hydrogen-bond acceptors (Lipinski definition) is 4. The maximum atomic E-state index is 13.0. The second-order valence-corrected chi connectivity index (χ2v) is 8.77. The molecule has 0 atom stereocenters. The van der Waals surface area contributed by atoms with Crippen LogP contribution < -0.4 is 3.71 Å². The van der Waals surface area contributed by atoms with Crippen molar-refractivity contribution in [1.29, 1.82) is 0 Å². The molecule has 0 unspecified atom stereocenters. The molecule has 0 saturated carbocycles. The number of sulfonamides is 2. The van der Waals surface area contributed by atoms with Crippen LogP contribution in [0.15, 0.2) is 54.6 Å². The molecule has 0 aromatic heterocycles. The van der Waals surface area contributed by atoms with Crippen molar-refractivity contribution in [1.82, 2.24) is 0 Å². The van der Waals surface area contributed by atoms with E-state index in [0.29, 0.717) is 6.07 Å². The first kappa shape index (κ1) is 21.0. The van der Waals surface area contributed by atoms with Gasteiger partial charge in [-0.25, -0.2) is 0 Å². The topological polar surface area (TPSA) is 71.5 Å². The summed E-state index contributed by atoms with van der Waals surface area (Å²) in [5.74, 6) is 0. The van der Waals surface area contributed by atoms with Crippen molar-refractivity contribution in [2.24, 2.45) is 0 Å². The zero-order valence-corrected chi connectivity index (χ0v) is 14.5. The number of para-hydroxylation sites is 1. The summed E-state index contributed by atoms with van der Waals surface area (Å²) in [4.78, 5) is 0. The molecule has 2 aromatic rings. The van der Waals surface area contributed by atoms with E-state index >= 15 is 0 Å². The summed E-state index contributed by atoms with van der Waals surface area (Å²) in [5, 5.41) is 0. The molecule has 13 heteroatoms. The van der Waals surface area contributed by atoms with E-state index in [9.17, 15) is 43.2 Å². The first-order valence-corrected chi connectivity index (χ1v) is 9.67. The molecule has 0 radical (unpaired) electrons. The Balaban J connectivity index is 2.91. The highest BCUT2D eigenvalue weighted by atomic mass is 32.3. The fourth-order valence-electron chi connectivity index (χ4n) is 2.07. The van der Waals surface area contributed by atoms with Crippen LogP contribution in [0.5, 0.6) is 0 Å². The van der Waals surface area contributed by atoms with Crippen LogP contribution >= 0.6 is 0 Å². The minimum atomic E-state index is -6.94. The maximum absolute atomic E-state index is 13.0. The van der Waals surface area contributed by atoms with E-state index in [4.69, 9.17) is 0 Å². The Morgan fingerprint density at radius 1 is 0.630 bits per heavy atom. The summed E-state index contributed by atoms with van der Waals surface area (Å²) < 4.78 is 123. The Morgan fingerprint density at radius 2 is 1.04 bits per heavy atom. The number of rotatable bonds is 4. The summed E-state index contributed by atoms with van der Waals surface area (Å²) in [5.41, 5.74) is -14.4. The third kappa shape index (κ3) is 3.74. The summed E-state index contributed by atoms with van der Waals surface area (Å²) in [7, 11) is -13.9. The largest absolute Gasteiger partial charge is 0.517 e. The predicted molar refractivity (Wildman–Crippen MR) is 84.3 cm³/mol. The van der Waals surface area contributed by atoms with Crippen molar-refractivity contribution in [3.63, 3.8) is 0 Å². The van der Waals surface area contributed by atoms with Crippen molar-refractivity contribution in [3.05, 3.63) is 54.6 Å². The lowest BCUT2D eigenvalue weighted by molar-refractivity contribution is -0.0462. The Bertz CT molecular complexity index is 987. The predicted octanol–water partition coefficient (Wildman–Crippen LogP) is 3.86. The molecular formula is C14H9F6NO4S2. The average molecular weight is 433 g/mol. The molecule has 0 bridgehead atoms. The van der Waals surface area contributed by atoms with Gasteiger partial charge in [-0.1, -0.05) is 48.5 Å². The lowest BCUT2D eigenvalue weighted by Gasteiger charge is -2.27. The fourth-order valence-corrected chi connectivity index (χ4v) is 4.82. The Hall–Kier alpha value is -2.28. The lowest BCUT2D eigenvalue weighted by Crippen LogP contribution is -2.49. The highest BCUT2D eigenvalue weighted by Crippen LogP contribution is 2.42. The van der Waals surface area contributed by atoms with Crippen LogP contribution in [0.2, 0.25) is 0 Å². The van der Waals surface area contributed by atoms with Crippen LogP contribution in [0, 0.1) is 0 Å². The van der Waals surface area contributed by atoms with Crippen LogP contribution in [0.1, 0.15) is 0 Å². The summed E-state index contributed by atoms with van der Waals surface area (Å²) in [6, 6.07) is 10.4. The first-order valence-electron chi connectivity index (χ1n) is 6.79. The van der Waals surface area contributed by atoms with Gasteiger partial charge in [-0.3, -0.25) is 0 Å². The number of hydrogen-bond donors (Lipinski definition) is 0. The van der Waals surface area contributed by atoms with Crippen LogP contribution in [0.4, 0.5) is 32.0 Å². The second kappa shape index (κ2) is 6.71. The van der Waals surface area contributed by atoms with Crippen LogP contribution in [0.25, 0.3) is 11.1 Å². The van der Waals surface area contributed by atoms with Gasteiger partial charge < -0.3 is 0 Å². The molecular weight excluding hydrogens is 424 g/mol. The van der Waals surface area contributed by atoms with Gasteiger partial charge in [0, 0.05) is 5.56 Å². The van der Waals surface area contributed by atoms with E-state index in [2.05, 4.69) is 0 Å². The highest BCUT2D eigenvalue weighted by Gasteiger charge is 2.62. The molecule has 0 saturated heterocycles. The second-order valence-electron chi connectivity index (χ2n) is 4.98. The van der Waals surface area contributed by atoms with Crippen LogP contribution in [-0.2, 0) is 20.0 Å². The molecule has 0 spiro atoms. The summed E-state index contributed by atoms with van der Waals surface area (Å²) >= 11 is 0. The van der Waals surface area contributed by atoms with Crippen molar-refractivity contribution < 1.29 is 43.2 Å². The zero-order valence-electron chi connectivity index (χ0n) is 12.9. The van der Waals surface area contributed by atoms with Gasteiger partial charge in [0.15, 0.2) is 0 Å². The molecule has 0 aliphatic heterocycles. The summed E-state index contributed by atoms with van der Waals surface area (Å²) in [6.45, 7) is 0. The molecule has 148 valence electrons. The SMILES string of the molecule is O=S(=O)(N(c1ccccc1-c1ccccc1)S(=O)(=O)C(F)(F)F)C(F)(F)F. The van der Waals surface area contributed by atoms with Gasteiger partial charge in [0.1, 0.15) is 0 Å². The lowest BCUT2D eigenvalue weighted by atomic mass is 10.0. The Kier molecular flexibility index (Phi) is 5.22. The molecule has 0 aliphatic carbocycles. The smallest absolute Gasteiger partial charge is 0.196 e. The number of anilines is 1. The number of nitrogens with zero attached hydrogens (tertiary/aromatic N) is 1. The fraction of sp³-hybridized carbons (Fsp3) is 0.143. The molecule has 0 amide bonds. The van der Waals surface area contributed by atoms with Gasteiger partial charge in [0.25, 0.3) is 0 Å². The van der Waals surface area contributed by atoms with Crippen LogP contribution in [-0.4, -0.2) is 27.9 Å². The Labute approximate surface area is 149 Å². The van der Waals surface area contributed by atoms with Crippen molar-refractivity contribution in [2.45, 2.75) is 11.0 Å². The highest BCUT2D eigenvalue weighted by molar-refractivity contribution is 8.11. The number of alkyl halides is 6. The van der Waals surface area contributed by atoms with Crippen LogP contribution in [0.3, 0.4) is 0 Å². The normalized spacial score (nSPS) is 13.4. The van der Waals surface area contributed by atoms with Crippen molar-refractivity contribution >= 4 is 25.7 Å². The molecule has 27 heavy (non-hydrogen) atoms. The van der Waals surface area contributed by atoms with E-state index in [-0.39, 0.29) is 5.56 Å². The monoisotopic (exact) mass is 433 g/mol. The minimum absolute atomic E-state index is 0.00727. The van der Waals surface area contributed by atoms with Gasteiger partial charge in [-0.2, -0.15) is 43.2 Å². The van der Waals surface area contributed by atoms with Gasteiger partial charge >= 0.3 is 31.1 Å². The molecule has 0 aliphatic rings. The van der Waals surface area contributed by atoms with Gasteiger partial charge in [0.2, 0.25) is 0 Å². The molecule has 2 aromatic carbocycles. The standard InChI is InChI=1S/C14H9F6NO4S2/c15-13(16,17)26(22,23)21(27(24,25)14(18,19)20)12-9-5-4-8-11(12)10-6-2-1-3-7-10/h1-9H.